The molecule has 3 rings (SSSR count). The largest absolute Gasteiger partial charge is 0.322 e. The third-order valence-electron chi connectivity index (χ3n) is 4.02. The lowest BCUT2D eigenvalue weighted by Gasteiger charge is -2.16. The van der Waals surface area contributed by atoms with Gasteiger partial charge in [0.2, 0.25) is 10.0 Å². The molecular weight excluding hydrogens is 360 g/mol. The lowest BCUT2D eigenvalue weighted by Crippen LogP contribution is -2.27. The van der Waals surface area contributed by atoms with Crippen LogP contribution in [-0.2, 0) is 27.2 Å². The molecule has 2 aromatic rings. The van der Waals surface area contributed by atoms with Crippen molar-refractivity contribution >= 4 is 38.1 Å². The van der Waals surface area contributed by atoms with Gasteiger partial charge in [0.1, 0.15) is 0 Å². The van der Waals surface area contributed by atoms with Crippen LogP contribution in [0.2, 0.25) is 0 Å². The zero-order chi connectivity index (χ0) is 18.2. The molecule has 0 radical (unpaired) electrons. The highest BCUT2D eigenvalue weighted by atomic mass is 32.2. The summed E-state index contributed by atoms with van der Waals surface area (Å²) in [6.07, 6.45) is 3.33. The lowest BCUT2D eigenvalue weighted by atomic mass is 10.1. The summed E-state index contributed by atoms with van der Waals surface area (Å²) in [6, 6.07) is 11.9. The molecule has 0 saturated heterocycles. The minimum absolute atomic E-state index is 0.292. The van der Waals surface area contributed by atoms with Crippen LogP contribution in [0.4, 0.5) is 11.4 Å². The first kappa shape index (κ1) is 17.6. The summed E-state index contributed by atoms with van der Waals surface area (Å²) in [4.78, 5) is 13.1. The quantitative estimate of drug-likeness (QED) is 0.882. The van der Waals surface area contributed by atoms with Crippen LogP contribution in [0.15, 0.2) is 47.4 Å². The van der Waals surface area contributed by atoms with Gasteiger partial charge < -0.3 is 5.32 Å². The zero-order valence-corrected chi connectivity index (χ0v) is 15.5. The van der Waals surface area contributed by atoms with Crippen molar-refractivity contribution in [1.82, 2.24) is 0 Å². The number of nitrogens with one attached hydrogen (secondary N) is 1. The Hall–Kier alpha value is -2.19. The van der Waals surface area contributed by atoms with Gasteiger partial charge in [-0.3, -0.25) is 13.3 Å². The monoisotopic (exact) mass is 378 g/mol. The Balaban J connectivity index is 1.83. The normalized spacial score (nSPS) is 14.9. The molecule has 132 valence electrons. The van der Waals surface area contributed by atoms with Crippen molar-refractivity contribution in [2.45, 2.75) is 11.3 Å². The number of carbonyl (C=O) groups excluding carboxylic acids is 1. The minimum atomic E-state index is -3.31. The summed E-state index contributed by atoms with van der Waals surface area (Å²) in [6.45, 7) is 0.392. The van der Waals surface area contributed by atoms with Gasteiger partial charge in [0.15, 0.2) is 0 Å². The Morgan fingerprint density at radius 1 is 1.20 bits per heavy atom. The Morgan fingerprint density at radius 2 is 1.96 bits per heavy atom. The molecule has 1 amide bonds. The number of nitrogens with zero attached hydrogens (tertiary/aromatic N) is 1. The van der Waals surface area contributed by atoms with Gasteiger partial charge in [-0.05, 0) is 48.4 Å². The van der Waals surface area contributed by atoms with E-state index in [1.54, 1.807) is 48.7 Å². The molecule has 1 aliphatic heterocycles. The first-order valence-electron chi connectivity index (χ1n) is 7.61. The van der Waals surface area contributed by atoms with E-state index in [2.05, 4.69) is 5.32 Å². The van der Waals surface area contributed by atoms with E-state index in [-0.39, 0.29) is 5.91 Å². The number of anilines is 2. The smallest absolute Gasteiger partial charge is 0.255 e. The topological polar surface area (TPSA) is 83.6 Å². The SMILES string of the molecule is CS(=O)c1cccc(NC(=O)c2ccc3c(c2)CCN3S(C)(=O)=O)c1. The standard InChI is InChI=1S/C17H18N2O4S2/c1-24(21)15-5-3-4-14(11-15)18-17(20)13-6-7-16-12(10-13)8-9-19(16)25(2,22)23/h3-7,10-11H,8-9H2,1-2H3,(H,18,20). The van der Waals surface area contributed by atoms with Crippen LogP contribution < -0.4 is 9.62 Å². The van der Waals surface area contributed by atoms with E-state index < -0.39 is 20.8 Å². The van der Waals surface area contributed by atoms with E-state index in [1.165, 1.54) is 10.6 Å². The highest BCUT2D eigenvalue weighted by Crippen LogP contribution is 2.31. The van der Waals surface area contributed by atoms with Crippen LogP contribution in [0.5, 0.6) is 0 Å². The molecule has 1 N–H and O–H groups in total. The van der Waals surface area contributed by atoms with Crippen molar-refractivity contribution in [3.63, 3.8) is 0 Å². The molecule has 0 saturated carbocycles. The molecule has 8 heteroatoms. The maximum Gasteiger partial charge on any atom is 0.255 e. The van der Waals surface area contributed by atoms with Crippen molar-refractivity contribution in [2.75, 3.05) is 28.7 Å². The number of carbonyl (C=O) groups is 1. The maximum absolute atomic E-state index is 12.5. The van der Waals surface area contributed by atoms with Gasteiger partial charge in [0, 0.05) is 39.7 Å². The summed E-state index contributed by atoms with van der Waals surface area (Å²) < 4.78 is 36.4. The van der Waals surface area contributed by atoms with Crippen molar-refractivity contribution in [2.24, 2.45) is 0 Å². The average Bonchev–Trinajstić information content (AvgIpc) is 2.98. The van der Waals surface area contributed by atoms with Gasteiger partial charge in [-0.2, -0.15) is 0 Å². The zero-order valence-electron chi connectivity index (χ0n) is 13.9. The maximum atomic E-state index is 12.5. The van der Waals surface area contributed by atoms with Gasteiger partial charge in [-0.25, -0.2) is 8.42 Å². The van der Waals surface area contributed by atoms with Gasteiger partial charge in [0.05, 0.1) is 11.9 Å². The molecular formula is C17H18N2O4S2. The Bertz CT molecular complexity index is 970. The van der Waals surface area contributed by atoms with E-state index >= 15 is 0 Å². The summed E-state index contributed by atoms with van der Waals surface area (Å²) in [5.74, 6) is -0.292. The molecule has 1 atom stereocenters. The second-order valence-corrected chi connectivity index (χ2v) is 9.15. The average molecular weight is 378 g/mol. The van der Waals surface area contributed by atoms with Crippen LogP contribution in [0.3, 0.4) is 0 Å². The molecule has 0 aromatic heterocycles. The number of sulfonamides is 1. The van der Waals surface area contributed by atoms with Gasteiger partial charge in [0.25, 0.3) is 5.91 Å². The van der Waals surface area contributed by atoms with E-state index in [4.69, 9.17) is 0 Å². The van der Waals surface area contributed by atoms with E-state index in [1.807, 2.05) is 0 Å². The highest BCUT2D eigenvalue weighted by molar-refractivity contribution is 7.92. The Morgan fingerprint density at radius 3 is 2.64 bits per heavy atom. The number of fused-ring (bicyclic) bond motifs is 1. The van der Waals surface area contributed by atoms with Crippen molar-refractivity contribution in [3.05, 3.63) is 53.6 Å². The molecule has 0 aliphatic carbocycles. The third-order valence-corrected chi connectivity index (χ3v) is 6.12. The van der Waals surface area contributed by atoms with Crippen LogP contribution in [-0.4, -0.2) is 37.6 Å². The van der Waals surface area contributed by atoms with E-state index in [0.29, 0.717) is 34.8 Å². The number of benzene rings is 2. The van der Waals surface area contributed by atoms with Crippen LogP contribution in [0.1, 0.15) is 15.9 Å². The number of amides is 1. The second kappa shape index (κ2) is 6.61. The van der Waals surface area contributed by atoms with Gasteiger partial charge >= 0.3 is 0 Å². The highest BCUT2D eigenvalue weighted by Gasteiger charge is 2.26. The Labute approximate surface area is 149 Å². The molecule has 6 nitrogen and oxygen atoms in total. The number of hydrogen-bond acceptors (Lipinski definition) is 4. The third kappa shape index (κ3) is 3.74. The first-order valence-corrected chi connectivity index (χ1v) is 11.0. The molecule has 1 heterocycles. The summed E-state index contributed by atoms with van der Waals surface area (Å²) >= 11 is 0. The van der Waals surface area contributed by atoms with Crippen LogP contribution in [0.25, 0.3) is 0 Å². The molecule has 1 aliphatic rings. The van der Waals surface area contributed by atoms with Crippen molar-refractivity contribution in [1.29, 1.82) is 0 Å². The Kier molecular flexibility index (Phi) is 4.66. The summed E-state index contributed by atoms with van der Waals surface area (Å²) in [7, 11) is -4.43. The van der Waals surface area contributed by atoms with E-state index in [0.717, 1.165) is 5.56 Å². The fraction of sp³-hybridized carbons (Fsp3) is 0.235. The predicted octanol–water partition coefficient (Wildman–Crippen LogP) is 2.00. The van der Waals surface area contributed by atoms with E-state index in [9.17, 15) is 17.4 Å². The van der Waals surface area contributed by atoms with Crippen molar-refractivity contribution in [3.8, 4) is 0 Å². The fourth-order valence-corrected chi connectivity index (χ4v) is 4.33. The first-order chi connectivity index (χ1) is 11.8. The summed E-state index contributed by atoms with van der Waals surface area (Å²) in [5, 5.41) is 2.78. The molecule has 0 fully saturated rings. The molecule has 0 spiro atoms. The number of hydrogen-bond donors (Lipinski definition) is 1. The number of rotatable bonds is 4. The molecule has 2 aromatic carbocycles. The molecule has 25 heavy (non-hydrogen) atoms. The van der Waals surface area contributed by atoms with Gasteiger partial charge in [-0.15, -0.1) is 0 Å². The molecule has 0 bridgehead atoms. The fourth-order valence-electron chi connectivity index (χ4n) is 2.81. The van der Waals surface area contributed by atoms with Crippen molar-refractivity contribution < 1.29 is 17.4 Å². The van der Waals surface area contributed by atoms with Crippen LogP contribution in [0, 0.1) is 0 Å². The lowest BCUT2D eigenvalue weighted by molar-refractivity contribution is 0.102. The predicted molar refractivity (Wildman–Crippen MR) is 99.1 cm³/mol. The minimum Gasteiger partial charge on any atom is -0.322 e. The second-order valence-electron chi connectivity index (χ2n) is 5.86. The van der Waals surface area contributed by atoms with Crippen LogP contribution >= 0.6 is 0 Å². The van der Waals surface area contributed by atoms with Gasteiger partial charge in [-0.1, -0.05) is 6.07 Å². The summed E-state index contributed by atoms with van der Waals surface area (Å²) in [5.41, 5.74) is 2.48. The molecule has 1 unspecified atom stereocenters.